The first-order chi connectivity index (χ1) is 8.22. The SMILES string of the molecule is CCC1CCC(N)C(N2CCCCCC2C)C1. The standard InChI is InChI=1S/C15H30N2/c1-3-13-8-9-14(16)15(11-13)17-10-6-4-5-7-12(17)2/h12-15H,3-11,16H2,1-2H3. The second-order valence-electron chi connectivity index (χ2n) is 6.25. The number of nitrogens with two attached hydrogens (primary N) is 1. The fourth-order valence-corrected chi connectivity index (χ4v) is 3.80. The van der Waals surface area contributed by atoms with Crippen LogP contribution < -0.4 is 5.73 Å². The Bertz CT molecular complexity index is 229. The summed E-state index contributed by atoms with van der Waals surface area (Å²) < 4.78 is 0. The number of hydrogen-bond acceptors (Lipinski definition) is 2. The molecule has 0 spiro atoms. The lowest BCUT2D eigenvalue weighted by Crippen LogP contribution is -2.54. The van der Waals surface area contributed by atoms with Gasteiger partial charge in [-0.15, -0.1) is 0 Å². The zero-order valence-electron chi connectivity index (χ0n) is 11.7. The van der Waals surface area contributed by atoms with Gasteiger partial charge in [0.25, 0.3) is 0 Å². The summed E-state index contributed by atoms with van der Waals surface area (Å²) in [4.78, 5) is 2.75. The summed E-state index contributed by atoms with van der Waals surface area (Å²) in [6.07, 6.45) is 10.9. The molecule has 17 heavy (non-hydrogen) atoms. The summed E-state index contributed by atoms with van der Waals surface area (Å²) in [5.74, 6) is 0.926. The van der Waals surface area contributed by atoms with Crippen LogP contribution >= 0.6 is 0 Å². The third-order valence-electron chi connectivity index (χ3n) is 5.08. The molecule has 0 amide bonds. The molecule has 2 rings (SSSR count). The molecule has 0 aromatic carbocycles. The minimum Gasteiger partial charge on any atom is -0.326 e. The van der Waals surface area contributed by atoms with E-state index in [1.165, 1.54) is 57.9 Å². The van der Waals surface area contributed by atoms with Gasteiger partial charge in [-0.25, -0.2) is 0 Å². The van der Waals surface area contributed by atoms with Gasteiger partial charge in [-0.2, -0.15) is 0 Å². The van der Waals surface area contributed by atoms with Crippen molar-refractivity contribution in [1.82, 2.24) is 4.90 Å². The molecule has 1 saturated carbocycles. The summed E-state index contributed by atoms with van der Waals surface area (Å²) in [7, 11) is 0. The Kier molecular flexibility index (Phi) is 4.87. The van der Waals surface area contributed by atoms with Gasteiger partial charge in [0.2, 0.25) is 0 Å². The smallest absolute Gasteiger partial charge is 0.0252 e. The van der Waals surface area contributed by atoms with Crippen molar-refractivity contribution < 1.29 is 0 Å². The highest BCUT2D eigenvalue weighted by Crippen LogP contribution is 2.32. The second kappa shape index (κ2) is 6.19. The van der Waals surface area contributed by atoms with E-state index in [-0.39, 0.29) is 0 Å². The lowest BCUT2D eigenvalue weighted by Gasteiger charge is -2.43. The van der Waals surface area contributed by atoms with Gasteiger partial charge in [-0.1, -0.05) is 26.2 Å². The average Bonchev–Trinajstić information content (AvgIpc) is 2.55. The third-order valence-corrected chi connectivity index (χ3v) is 5.08. The van der Waals surface area contributed by atoms with E-state index in [1.807, 2.05) is 0 Å². The van der Waals surface area contributed by atoms with Crippen molar-refractivity contribution in [3.8, 4) is 0 Å². The maximum atomic E-state index is 6.40. The monoisotopic (exact) mass is 238 g/mol. The summed E-state index contributed by atoms with van der Waals surface area (Å²) in [6.45, 7) is 6.04. The highest BCUT2D eigenvalue weighted by molar-refractivity contribution is 4.91. The predicted molar refractivity (Wildman–Crippen MR) is 74.0 cm³/mol. The predicted octanol–water partition coefficient (Wildman–Crippen LogP) is 3.16. The highest BCUT2D eigenvalue weighted by atomic mass is 15.2. The third kappa shape index (κ3) is 3.23. The van der Waals surface area contributed by atoms with Gasteiger partial charge >= 0.3 is 0 Å². The van der Waals surface area contributed by atoms with Crippen molar-refractivity contribution in [3.05, 3.63) is 0 Å². The number of nitrogens with zero attached hydrogens (tertiary/aromatic N) is 1. The van der Waals surface area contributed by atoms with Gasteiger partial charge in [-0.3, -0.25) is 4.90 Å². The van der Waals surface area contributed by atoms with Crippen molar-refractivity contribution >= 4 is 0 Å². The van der Waals surface area contributed by atoms with Gasteiger partial charge in [0, 0.05) is 18.1 Å². The lowest BCUT2D eigenvalue weighted by molar-refractivity contribution is 0.0789. The normalized spacial score (nSPS) is 41.1. The Morgan fingerprint density at radius 2 is 1.94 bits per heavy atom. The molecule has 0 radical (unpaired) electrons. The fraction of sp³-hybridized carbons (Fsp3) is 1.00. The van der Waals surface area contributed by atoms with Crippen LogP contribution in [0, 0.1) is 5.92 Å². The highest BCUT2D eigenvalue weighted by Gasteiger charge is 2.34. The van der Waals surface area contributed by atoms with Crippen molar-refractivity contribution in [2.45, 2.75) is 83.3 Å². The van der Waals surface area contributed by atoms with Crippen LogP contribution in [0.4, 0.5) is 0 Å². The molecular weight excluding hydrogens is 208 g/mol. The van der Waals surface area contributed by atoms with E-state index in [0.717, 1.165) is 12.0 Å². The quantitative estimate of drug-likeness (QED) is 0.800. The first-order valence-corrected chi connectivity index (χ1v) is 7.73. The topological polar surface area (TPSA) is 29.3 Å². The zero-order valence-corrected chi connectivity index (χ0v) is 11.7. The van der Waals surface area contributed by atoms with Crippen LogP contribution in [-0.4, -0.2) is 29.6 Å². The van der Waals surface area contributed by atoms with Gasteiger partial charge < -0.3 is 5.73 Å². The summed E-state index contributed by atoms with van der Waals surface area (Å²) in [6, 6.07) is 1.85. The molecule has 100 valence electrons. The van der Waals surface area contributed by atoms with Crippen molar-refractivity contribution in [1.29, 1.82) is 0 Å². The molecule has 0 aromatic rings. The first-order valence-electron chi connectivity index (χ1n) is 7.73. The molecule has 0 bridgehead atoms. The summed E-state index contributed by atoms with van der Waals surface area (Å²) >= 11 is 0. The summed E-state index contributed by atoms with van der Waals surface area (Å²) in [5.41, 5.74) is 6.40. The molecule has 2 aliphatic rings. The lowest BCUT2D eigenvalue weighted by atomic mass is 9.80. The molecule has 1 aliphatic carbocycles. The molecule has 2 N–H and O–H groups in total. The van der Waals surface area contributed by atoms with Crippen LogP contribution in [0.3, 0.4) is 0 Å². The van der Waals surface area contributed by atoms with Crippen LogP contribution in [-0.2, 0) is 0 Å². The van der Waals surface area contributed by atoms with E-state index in [9.17, 15) is 0 Å². The minimum atomic E-state index is 0.429. The molecule has 1 heterocycles. The van der Waals surface area contributed by atoms with Gasteiger partial charge in [-0.05, 0) is 51.5 Å². The van der Waals surface area contributed by atoms with E-state index in [2.05, 4.69) is 18.7 Å². The Morgan fingerprint density at radius 1 is 1.12 bits per heavy atom. The molecule has 4 unspecified atom stereocenters. The van der Waals surface area contributed by atoms with E-state index in [1.54, 1.807) is 0 Å². The van der Waals surface area contributed by atoms with E-state index in [4.69, 9.17) is 5.73 Å². The second-order valence-corrected chi connectivity index (χ2v) is 6.25. The average molecular weight is 238 g/mol. The molecule has 2 fully saturated rings. The molecule has 2 heteroatoms. The fourth-order valence-electron chi connectivity index (χ4n) is 3.80. The zero-order chi connectivity index (χ0) is 12.3. The Hall–Kier alpha value is -0.0800. The first kappa shape index (κ1) is 13.4. The van der Waals surface area contributed by atoms with Crippen LogP contribution in [0.15, 0.2) is 0 Å². The van der Waals surface area contributed by atoms with E-state index >= 15 is 0 Å². The Morgan fingerprint density at radius 3 is 2.71 bits per heavy atom. The van der Waals surface area contributed by atoms with Crippen molar-refractivity contribution in [2.75, 3.05) is 6.54 Å². The summed E-state index contributed by atoms with van der Waals surface area (Å²) in [5, 5.41) is 0. The molecule has 1 saturated heterocycles. The maximum Gasteiger partial charge on any atom is 0.0252 e. The van der Waals surface area contributed by atoms with Gasteiger partial charge in [0.1, 0.15) is 0 Å². The van der Waals surface area contributed by atoms with Crippen LogP contribution in [0.2, 0.25) is 0 Å². The van der Waals surface area contributed by atoms with Gasteiger partial charge in [0.15, 0.2) is 0 Å². The Balaban J connectivity index is 2.01. The van der Waals surface area contributed by atoms with E-state index < -0.39 is 0 Å². The molecule has 0 aromatic heterocycles. The van der Waals surface area contributed by atoms with Crippen molar-refractivity contribution in [2.24, 2.45) is 11.7 Å². The number of hydrogen-bond donors (Lipinski definition) is 1. The molecule has 1 aliphatic heterocycles. The number of rotatable bonds is 2. The molecule has 2 nitrogen and oxygen atoms in total. The Labute approximate surface area is 107 Å². The van der Waals surface area contributed by atoms with Crippen LogP contribution in [0.1, 0.15) is 65.2 Å². The van der Waals surface area contributed by atoms with Crippen LogP contribution in [0.25, 0.3) is 0 Å². The molecular formula is C15H30N2. The van der Waals surface area contributed by atoms with Crippen LogP contribution in [0.5, 0.6) is 0 Å². The largest absolute Gasteiger partial charge is 0.326 e. The number of likely N-dealkylation sites (tertiary alicyclic amines) is 1. The molecule has 4 atom stereocenters. The van der Waals surface area contributed by atoms with Gasteiger partial charge in [0.05, 0.1) is 0 Å². The maximum absolute atomic E-state index is 6.40. The minimum absolute atomic E-state index is 0.429. The van der Waals surface area contributed by atoms with Crippen molar-refractivity contribution in [3.63, 3.8) is 0 Å². The van der Waals surface area contributed by atoms with E-state index in [0.29, 0.717) is 12.1 Å².